The largest absolute Gasteiger partial charge is 0.395 e. The summed E-state index contributed by atoms with van der Waals surface area (Å²) in [5.41, 5.74) is 0.787. The van der Waals surface area contributed by atoms with Crippen LogP contribution in [0.5, 0.6) is 0 Å². The van der Waals surface area contributed by atoms with Gasteiger partial charge in [0.05, 0.1) is 5.92 Å². The second-order valence-corrected chi connectivity index (χ2v) is 2.75. The Labute approximate surface area is 64.2 Å². The normalized spacial score (nSPS) is 25.0. The van der Waals surface area contributed by atoms with E-state index in [9.17, 15) is 13.2 Å². The summed E-state index contributed by atoms with van der Waals surface area (Å²) in [5, 5.41) is 0. The Bertz CT molecular complexity index is 202. The molecule has 0 bridgehead atoms. The van der Waals surface area contributed by atoms with Crippen LogP contribution in [0.4, 0.5) is 13.2 Å². The lowest BCUT2D eigenvalue weighted by atomic mass is 9.83. The van der Waals surface area contributed by atoms with Crippen molar-refractivity contribution >= 4 is 7.85 Å². The number of rotatable bonds is 0. The summed E-state index contributed by atoms with van der Waals surface area (Å²) >= 11 is 0. The third-order valence-electron chi connectivity index (χ3n) is 1.69. The number of hydrogen-bond donors (Lipinski definition) is 0. The second kappa shape index (κ2) is 2.76. The van der Waals surface area contributed by atoms with E-state index in [-0.39, 0.29) is 6.42 Å². The fourth-order valence-electron chi connectivity index (χ4n) is 1.06. The molecule has 1 rings (SSSR count). The molecular weight excluding hydrogens is 152 g/mol. The molecule has 1 aliphatic carbocycles. The van der Waals surface area contributed by atoms with Crippen molar-refractivity contribution in [1.29, 1.82) is 0 Å². The molecule has 0 aromatic carbocycles. The Hall–Kier alpha value is -0.665. The van der Waals surface area contributed by atoms with Gasteiger partial charge in [0, 0.05) is 0 Å². The molecule has 0 aromatic rings. The van der Waals surface area contributed by atoms with Crippen molar-refractivity contribution in [1.82, 2.24) is 0 Å². The van der Waals surface area contributed by atoms with Crippen LogP contribution in [0.1, 0.15) is 6.42 Å². The minimum absolute atomic E-state index is 0.111. The molecule has 1 atom stereocenters. The van der Waals surface area contributed by atoms with E-state index in [0.29, 0.717) is 0 Å². The van der Waals surface area contributed by atoms with Crippen molar-refractivity contribution in [2.75, 3.05) is 0 Å². The maximum Gasteiger partial charge on any atom is 0.395 e. The average Bonchev–Trinajstić information content (AvgIpc) is 1.86. The predicted octanol–water partition coefficient (Wildman–Crippen LogP) is 1.64. The number of hydrogen-bond acceptors (Lipinski definition) is 0. The molecule has 0 radical (unpaired) electrons. The van der Waals surface area contributed by atoms with Gasteiger partial charge in [-0.1, -0.05) is 18.2 Å². The Morgan fingerprint density at radius 3 is 2.45 bits per heavy atom. The van der Waals surface area contributed by atoms with Gasteiger partial charge in [-0.2, -0.15) is 13.2 Å². The quantitative estimate of drug-likeness (QED) is 0.472. The number of alkyl halides is 3. The zero-order valence-electron chi connectivity index (χ0n) is 6.15. The fraction of sp³-hybridized carbons (Fsp3) is 0.429. The molecule has 0 saturated heterocycles. The lowest BCUT2D eigenvalue weighted by molar-refractivity contribution is -0.160. The van der Waals surface area contributed by atoms with Gasteiger partial charge in [0.1, 0.15) is 7.85 Å². The van der Waals surface area contributed by atoms with E-state index in [1.807, 2.05) is 0 Å². The number of allylic oxidation sites excluding steroid dienone is 4. The van der Waals surface area contributed by atoms with Crippen LogP contribution in [0.3, 0.4) is 0 Å². The molecule has 0 saturated carbocycles. The summed E-state index contributed by atoms with van der Waals surface area (Å²) < 4.78 is 36.1. The molecule has 0 aromatic heterocycles. The lowest BCUT2D eigenvalue weighted by Gasteiger charge is -2.19. The van der Waals surface area contributed by atoms with Crippen LogP contribution < -0.4 is 0 Å². The summed E-state index contributed by atoms with van der Waals surface area (Å²) in [6.07, 6.45) is 0.415. The topological polar surface area (TPSA) is 0 Å². The molecule has 11 heavy (non-hydrogen) atoms. The Morgan fingerprint density at radius 1 is 1.45 bits per heavy atom. The molecule has 0 spiro atoms. The zero-order valence-corrected chi connectivity index (χ0v) is 6.15. The van der Waals surface area contributed by atoms with Crippen LogP contribution >= 0.6 is 0 Å². The maximum absolute atomic E-state index is 12.0. The van der Waals surface area contributed by atoms with Gasteiger partial charge >= 0.3 is 6.18 Å². The van der Waals surface area contributed by atoms with Crippen molar-refractivity contribution in [3.05, 3.63) is 23.7 Å². The number of halogens is 3. The molecule has 0 nitrogen and oxygen atoms in total. The summed E-state index contributed by atoms with van der Waals surface area (Å²) in [6, 6.07) is 0. The molecule has 0 amide bonds. The van der Waals surface area contributed by atoms with Crippen LogP contribution in [0.15, 0.2) is 23.7 Å². The van der Waals surface area contributed by atoms with Crippen molar-refractivity contribution < 1.29 is 13.2 Å². The van der Waals surface area contributed by atoms with E-state index in [1.165, 1.54) is 12.2 Å². The monoisotopic (exact) mass is 160 g/mol. The smallest absolute Gasteiger partial charge is 0.170 e. The van der Waals surface area contributed by atoms with Crippen molar-refractivity contribution in [2.24, 2.45) is 5.92 Å². The van der Waals surface area contributed by atoms with Crippen LogP contribution in [0, 0.1) is 5.92 Å². The van der Waals surface area contributed by atoms with Gasteiger partial charge in [0.25, 0.3) is 0 Å². The highest BCUT2D eigenvalue weighted by Crippen LogP contribution is 2.33. The maximum atomic E-state index is 12.0. The van der Waals surface area contributed by atoms with Gasteiger partial charge in [0.2, 0.25) is 0 Å². The van der Waals surface area contributed by atoms with Crippen molar-refractivity contribution in [2.45, 2.75) is 12.6 Å². The van der Waals surface area contributed by atoms with Gasteiger partial charge in [-0.25, -0.2) is 0 Å². The highest BCUT2D eigenvalue weighted by Gasteiger charge is 2.37. The highest BCUT2D eigenvalue weighted by molar-refractivity contribution is 6.21. The molecule has 0 heterocycles. The highest BCUT2D eigenvalue weighted by atomic mass is 19.4. The third kappa shape index (κ3) is 2.14. The van der Waals surface area contributed by atoms with Crippen molar-refractivity contribution in [3.63, 3.8) is 0 Å². The van der Waals surface area contributed by atoms with Gasteiger partial charge in [-0.3, -0.25) is 0 Å². The van der Waals surface area contributed by atoms with Gasteiger partial charge in [0.15, 0.2) is 0 Å². The SMILES string of the molecule is BC1=CC=C[C@H](C(F)(F)F)C1. The van der Waals surface area contributed by atoms with E-state index in [0.717, 1.165) is 5.47 Å². The Kier molecular flexibility index (Phi) is 2.11. The minimum atomic E-state index is -4.08. The van der Waals surface area contributed by atoms with E-state index in [1.54, 1.807) is 13.9 Å². The molecule has 0 fully saturated rings. The first-order valence-corrected chi connectivity index (χ1v) is 3.41. The van der Waals surface area contributed by atoms with E-state index in [2.05, 4.69) is 0 Å². The second-order valence-electron chi connectivity index (χ2n) is 2.75. The molecule has 4 heteroatoms. The molecule has 60 valence electrons. The molecule has 1 aliphatic rings. The summed E-state index contributed by atoms with van der Waals surface area (Å²) in [7, 11) is 1.71. The van der Waals surface area contributed by atoms with Gasteiger partial charge in [-0.15, -0.1) is 5.47 Å². The fourth-order valence-corrected chi connectivity index (χ4v) is 1.06. The van der Waals surface area contributed by atoms with Crippen LogP contribution in [0.2, 0.25) is 0 Å². The standard InChI is InChI=1S/C7H8BF3/c8-6-3-1-2-5(4-6)7(9,10)11/h1-3,5H,4,8H2/t5-/m0/s1. The molecule has 0 aliphatic heterocycles. The minimum Gasteiger partial charge on any atom is -0.170 e. The zero-order chi connectivity index (χ0) is 8.48. The van der Waals surface area contributed by atoms with Crippen LogP contribution in [0.25, 0.3) is 0 Å². The average molecular weight is 160 g/mol. The molecule has 0 N–H and O–H groups in total. The summed E-state index contributed by atoms with van der Waals surface area (Å²) in [6.45, 7) is 0. The Balaban J connectivity index is 2.67. The first-order chi connectivity index (χ1) is 5.00. The lowest BCUT2D eigenvalue weighted by Crippen LogP contribution is -2.22. The first kappa shape index (κ1) is 8.43. The summed E-state index contributed by atoms with van der Waals surface area (Å²) in [5.74, 6) is -1.27. The molecule has 0 unspecified atom stereocenters. The predicted molar refractivity (Wildman–Crippen MR) is 39.9 cm³/mol. The van der Waals surface area contributed by atoms with E-state index in [4.69, 9.17) is 0 Å². The van der Waals surface area contributed by atoms with Crippen LogP contribution in [-0.4, -0.2) is 14.0 Å². The van der Waals surface area contributed by atoms with E-state index >= 15 is 0 Å². The summed E-state index contributed by atoms with van der Waals surface area (Å²) in [4.78, 5) is 0. The van der Waals surface area contributed by atoms with Crippen LogP contribution in [-0.2, 0) is 0 Å². The Morgan fingerprint density at radius 2 is 2.09 bits per heavy atom. The third-order valence-corrected chi connectivity index (χ3v) is 1.69. The van der Waals surface area contributed by atoms with Crippen molar-refractivity contribution in [3.8, 4) is 0 Å². The first-order valence-electron chi connectivity index (χ1n) is 3.41. The van der Waals surface area contributed by atoms with Gasteiger partial charge in [-0.05, 0) is 6.42 Å². The van der Waals surface area contributed by atoms with Gasteiger partial charge < -0.3 is 0 Å². The van der Waals surface area contributed by atoms with E-state index < -0.39 is 12.1 Å². The molecular formula is C7H8BF3.